The quantitative estimate of drug-likeness (QED) is 0.831. The van der Waals surface area contributed by atoms with Gasteiger partial charge in [-0.2, -0.15) is 0 Å². The fraction of sp³-hybridized carbons (Fsp3) is 0.429. The van der Waals surface area contributed by atoms with Crippen molar-refractivity contribution in [3.8, 4) is 5.75 Å². The number of rotatable bonds is 4. The van der Waals surface area contributed by atoms with Crippen molar-refractivity contribution in [3.05, 3.63) is 52.8 Å². The van der Waals surface area contributed by atoms with Gasteiger partial charge < -0.3 is 19.1 Å². The summed E-state index contributed by atoms with van der Waals surface area (Å²) in [5.41, 5.74) is 3.89. The van der Waals surface area contributed by atoms with Crippen LogP contribution in [0.5, 0.6) is 5.75 Å². The van der Waals surface area contributed by atoms with Crippen molar-refractivity contribution in [1.82, 2.24) is 14.4 Å². The third-order valence-corrected chi connectivity index (χ3v) is 5.28. The molecule has 3 rings (SSSR count). The molecule has 1 aliphatic heterocycles. The van der Waals surface area contributed by atoms with Gasteiger partial charge in [0.15, 0.2) is 6.61 Å². The molecule has 27 heavy (non-hydrogen) atoms. The van der Waals surface area contributed by atoms with E-state index < -0.39 is 0 Å². The second kappa shape index (κ2) is 7.86. The summed E-state index contributed by atoms with van der Waals surface area (Å²) < 4.78 is 7.63. The zero-order valence-corrected chi connectivity index (χ0v) is 16.5. The van der Waals surface area contributed by atoms with Crippen LogP contribution in [-0.4, -0.2) is 59.0 Å². The molecule has 6 nitrogen and oxygen atoms in total. The van der Waals surface area contributed by atoms with Crippen molar-refractivity contribution in [3.63, 3.8) is 0 Å². The number of benzene rings is 1. The fourth-order valence-corrected chi connectivity index (χ4v) is 3.34. The second-order valence-electron chi connectivity index (χ2n) is 7.12. The first-order chi connectivity index (χ1) is 12.9. The van der Waals surface area contributed by atoms with Gasteiger partial charge in [0, 0.05) is 44.6 Å². The molecule has 2 aromatic rings. The maximum atomic E-state index is 12.8. The van der Waals surface area contributed by atoms with Gasteiger partial charge in [0.1, 0.15) is 5.75 Å². The van der Waals surface area contributed by atoms with Crippen LogP contribution in [0.25, 0.3) is 0 Å². The van der Waals surface area contributed by atoms with Crippen molar-refractivity contribution in [1.29, 1.82) is 0 Å². The van der Waals surface area contributed by atoms with Crippen molar-refractivity contribution in [2.75, 3.05) is 32.8 Å². The highest BCUT2D eigenvalue weighted by molar-refractivity contribution is 5.96. The number of carbonyl (C=O) groups is 2. The molecular weight excluding hydrogens is 342 g/mol. The largest absolute Gasteiger partial charge is 0.484 e. The Morgan fingerprint density at radius 3 is 2.26 bits per heavy atom. The lowest BCUT2D eigenvalue weighted by Gasteiger charge is -2.34. The molecule has 0 N–H and O–H groups in total. The van der Waals surface area contributed by atoms with E-state index >= 15 is 0 Å². The van der Waals surface area contributed by atoms with Crippen LogP contribution in [0.2, 0.25) is 0 Å². The van der Waals surface area contributed by atoms with E-state index in [1.165, 1.54) is 0 Å². The number of hydrogen-bond donors (Lipinski definition) is 0. The minimum atomic E-state index is -0.0460. The fourth-order valence-electron chi connectivity index (χ4n) is 3.34. The van der Waals surface area contributed by atoms with Crippen molar-refractivity contribution >= 4 is 11.8 Å². The Morgan fingerprint density at radius 1 is 1.00 bits per heavy atom. The van der Waals surface area contributed by atoms with E-state index in [4.69, 9.17) is 4.74 Å². The Morgan fingerprint density at radius 2 is 1.67 bits per heavy atom. The maximum absolute atomic E-state index is 12.8. The van der Waals surface area contributed by atoms with Gasteiger partial charge in [-0.25, -0.2) is 0 Å². The number of aryl methyl sites for hydroxylation is 2. The third-order valence-electron chi connectivity index (χ3n) is 5.28. The van der Waals surface area contributed by atoms with Gasteiger partial charge in [0.2, 0.25) is 0 Å². The van der Waals surface area contributed by atoms with E-state index in [1.807, 2.05) is 67.6 Å². The van der Waals surface area contributed by atoms with Crippen LogP contribution >= 0.6 is 0 Å². The Labute approximate surface area is 160 Å². The molecular formula is C21H27N3O3. The second-order valence-corrected chi connectivity index (χ2v) is 7.12. The molecule has 2 amide bonds. The van der Waals surface area contributed by atoms with Gasteiger partial charge in [-0.05, 0) is 44.5 Å². The smallest absolute Gasteiger partial charge is 0.260 e. The lowest BCUT2D eigenvalue weighted by Crippen LogP contribution is -2.51. The van der Waals surface area contributed by atoms with E-state index in [1.54, 1.807) is 4.90 Å². The molecule has 0 atom stereocenters. The lowest BCUT2D eigenvalue weighted by atomic mass is 10.2. The molecule has 0 aliphatic carbocycles. The Kier molecular flexibility index (Phi) is 5.54. The summed E-state index contributed by atoms with van der Waals surface area (Å²) in [4.78, 5) is 28.8. The summed E-state index contributed by atoms with van der Waals surface area (Å²) in [5, 5.41) is 0. The first-order valence-electron chi connectivity index (χ1n) is 9.26. The van der Waals surface area contributed by atoms with E-state index in [-0.39, 0.29) is 18.4 Å². The van der Waals surface area contributed by atoms with Crippen LogP contribution in [0.15, 0.2) is 30.3 Å². The van der Waals surface area contributed by atoms with Crippen LogP contribution < -0.4 is 4.74 Å². The SMILES string of the molecule is Cc1cccc(OCC(=O)N2CCN(C(=O)c3cc(C)n(C)c3C)CC2)c1. The molecule has 1 aliphatic rings. The molecule has 144 valence electrons. The molecule has 1 aromatic carbocycles. The molecule has 0 spiro atoms. The van der Waals surface area contributed by atoms with Gasteiger partial charge in [-0.15, -0.1) is 0 Å². The molecule has 2 heterocycles. The Hall–Kier alpha value is -2.76. The number of aromatic nitrogens is 1. The van der Waals surface area contributed by atoms with E-state index in [9.17, 15) is 9.59 Å². The number of hydrogen-bond acceptors (Lipinski definition) is 3. The lowest BCUT2D eigenvalue weighted by molar-refractivity contribution is -0.134. The van der Waals surface area contributed by atoms with Gasteiger partial charge >= 0.3 is 0 Å². The summed E-state index contributed by atoms with van der Waals surface area (Å²) >= 11 is 0. The third kappa shape index (κ3) is 4.15. The number of nitrogens with zero attached hydrogens (tertiary/aromatic N) is 3. The number of amides is 2. The van der Waals surface area contributed by atoms with Crippen LogP contribution in [0.4, 0.5) is 0 Å². The molecule has 1 saturated heterocycles. The summed E-state index contributed by atoms with van der Waals surface area (Å²) in [5.74, 6) is 0.696. The van der Waals surface area contributed by atoms with E-state index in [0.29, 0.717) is 31.9 Å². The normalized spacial score (nSPS) is 14.4. The topological polar surface area (TPSA) is 54.8 Å². The van der Waals surface area contributed by atoms with Gasteiger partial charge in [-0.1, -0.05) is 12.1 Å². The van der Waals surface area contributed by atoms with Gasteiger partial charge in [0.25, 0.3) is 11.8 Å². The highest BCUT2D eigenvalue weighted by Crippen LogP contribution is 2.17. The number of ether oxygens (including phenoxy) is 1. The summed E-state index contributed by atoms with van der Waals surface area (Å²) in [6, 6.07) is 9.59. The standard InChI is InChI=1S/C21H27N3O3/c1-15-6-5-7-18(12-15)27-14-20(25)23-8-10-24(11-9-23)21(26)19-13-16(2)22(4)17(19)3/h5-7,12-13H,8-11,14H2,1-4H3. The minimum absolute atomic E-state index is 0.0222. The predicted molar refractivity (Wildman–Crippen MR) is 104 cm³/mol. The summed E-state index contributed by atoms with van der Waals surface area (Å²) in [7, 11) is 1.96. The van der Waals surface area contributed by atoms with Gasteiger partial charge in [0.05, 0.1) is 5.56 Å². The molecule has 0 bridgehead atoms. The van der Waals surface area contributed by atoms with Gasteiger partial charge in [-0.3, -0.25) is 9.59 Å². The van der Waals surface area contributed by atoms with Crippen LogP contribution in [0.1, 0.15) is 27.3 Å². The number of piperazine rings is 1. The predicted octanol–water partition coefficient (Wildman–Crippen LogP) is 2.31. The van der Waals surface area contributed by atoms with Crippen LogP contribution in [-0.2, 0) is 11.8 Å². The molecule has 6 heteroatoms. The minimum Gasteiger partial charge on any atom is -0.484 e. The maximum Gasteiger partial charge on any atom is 0.260 e. The van der Waals surface area contributed by atoms with Crippen molar-refractivity contribution < 1.29 is 14.3 Å². The summed E-state index contributed by atoms with van der Waals surface area (Å²) in [6.45, 7) is 8.12. The zero-order valence-electron chi connectivity index (χ0n) is 16.5. The average Bonchev–Trinajstić information content (AvgIpc) is 2.93. The van der Waals surface area contributed by atoms with Crippen molar-refractivity contribution in [2.45, 2.75) is 20.8 Å². The Balaban J connectivity index is 1.52. The molecule has 1 aromatic heterocycles. The van der Waals surface area contributed by atoms with Crippen molar-refractivity contribution in [2.24, 2.45) is 7.05 Å². The van der Waals surface area contributed by atoms with E-state index in [2.05, 4.69) is 0 Å². The molecule has 0 saturated carbocycles. The number of carbonyl (C=O) groups excluding carboxylic acids is 2. The zero-order chi connectivity index (χ0) is 19.6. The Bertz CT molecular complexity index is 848. The highest BCUT2D eigenvalue weighted by Gasteiger charge is 2.26. The van der Waals surface area contributed by atoms with Crippen LogP contribution in [0.3, 0.4) is 0 Å². The first-order valence-corrected chi connectivity index (χ1v) is 9.26. The average molecular weight is 369 g/mol. The monoisotopic (exact) mass is 369 g/mol. The molecule has 1 fully saturated rings. The first kappa shape index (κ1) is 19.0. The highest BCUT2D eigenvalue weighted by atomic mass is 16.5. The van der Waals surface area contributed by atoms with E-state index in [0.717, 1.165) is 22.5 Å². The molecule has 0 radical (unpaired) electrons. The summed E-state index contributed by atoms with van der Waals surface area (Å²) in [6.07, 6.45) is 0. The van der Waals surface area contributed by atoms with Crippen LogP contribution in [0, 0.1) is 20.8 Å². The molecule has 0 unspecified atom stereocenters.